The minimum Gasteiger partial charge on any atom is -0.396 e. The summed E-state index contributed by atoms with van der Waals surface area (Å²) in [5.41, 5.74) is -1.19. The SMILES string of the molecule is CCC(C)(CO)C1(O)COC1. The predicted octanol–water partition coefficient (Wildman–Crippen LogP) is 0.156. The molecule has 0 spiro atoms. The molecule has 1 saturated heterocycles. The fourth-order valence-corrected chi connectivity index (χ4v) is 1.23. The minimum atomic E-state index is -0.795. The highest BCUT2D eigenvalue weighted by Crippen LogP contribution is 2.39. The molecule has 0 radical (unpaired) electrons. The first-order chi connectivity index (χ1) is 5.08. The third-order valence-electron chi connectivity index (χ3n) is 2.93. The average Bonchev–Trinajstić information content (AvgIpc) is 1.98. The van der Waals surface area contributed by atoms with Crippen LogP contribution in [0.25, 0.3) is 0 Å². The Labute approximate surface area is 67.0 Å². The number of rotatable bonds is 3. The van der Waals surface area contributed by atoms with Gasteiger partial charge in [-0.25, -0.2) is 0 Å². The van der Waals surface area contributed by atoms with Gasteiger partial charge < -0.3 is 14.9 Å². The first kappa shape index (κ1) is 8.97. The van der Waals surface area contributed by atoms with Crippen molar-refractivity contribution in [3.05, 3.63) is 0 Å². The normalized spacial score (nSPS) is 27.3. The van der Waals surface area contributed by atoms with Gasteiger partial charge in [0.2, 0.25) is 0 Å². The van der Waals surface area contributed by atoms with Crippen molar-refractivity contribution >= 4 is 0 Å². The Morgan fingerprint density at radius 3 is 2.18 bits per heavy atom. The van der Waals surface area contributed by atoms with Crippen LogP contribution in [0, 0.1) is 5.41 Å². The Kier molecular flexibility index (Phi) is 2.23. The Morgan fingerprint density at radius 2 is 2.09 bits per heavy atom. The summed E-state index contributed by atoms with van der Waals surface area (Å²) in [4.78, 5) is 0. The highest BCUT2D eigenvalue weighted by molar-refractivity contribution is 4.99. The molecule has 1 fully saturated rings. The van der Waals surface area contributed by atoms with E-state index in [2.05, 4.69) is 0 Å². The largest absolute Gasteiger partial charge is 0.396 e. The Hall–Kier alpha value is -0.120. The smallest absolute Gasteiger partial charge is 0.119 e. The summed E-state index contributed by atoms with van der Waals surface area (Å²) in [5.74, 6) is 0. The molecule has 0 saturated carbocycles. The van der Waals surface area contributed by atoms with Gasteiger partial charge in [0.05, 0.1) is 19.8 Å². The maximum absolute atomic E-state index is 9.84. The second-order valence-electron chi connectivity index (χ2n) is 3.60. The summed E-state index contributed by atoms with van der Waals surface area (Å²) in [5, 5.41) is 18.9. The third-order valence-corrected chi connectivity index (χ3v) is 2.93. The molecule has 1 aliphatic rings. The van der Waals surface area contributed by atoms with E-state index >= 15 is 0 Å². The molecule has 1 heterocycles. The molecule has 1 rings (SSSR count). The number of aliphatic hydroxyl groups is 2. The zero-order valence-corrected chi connectivity index (χ0v) is 7.13. The van der Waals surface area contributed by atoms with Gasteiger partial charge in [-0.15, -0.1) is 0 Å². The zero-order chi connectivity index (χ0) is 8.54. The van der Waals surface area contributed by atoms with E-state index in [0.717, 1.165) is 6.42 Å². The molecule has 0 amide bonds. The molecule has 2 N–H and O–H groups in total. The van der Waals surface area contributed by atoms with E-state index in [1.165, 1.54) is 0 Å². The maximum atomic E-state index is 9.84. The lowest BCUT2D eigenvalue weighted by Crippen LogP contribution is -2.61. The van der Waals surface area contributed by atoms with E-state index in [-0.39, 0.29) is 6.61 Å². The standard InChI is InChI=1S/C8H16O3/c1-3-7(2,4-9)8(10)5-11-6-8/h9-10H,3-6H2,1-2H3. The van der Waals surface area contributed by atoms with E-state index in [0.29, 0.717) is 13.2 Å². The average molecular weight is 160 g/mol. The van der Waals surface area contributed by atoms with Crippen LogP contribution in [-0.2, 0) is 4.74 Å². The van der Waals surface area contributed by atoms with Crippen molar-refractivity contribution in [1.82, 2.24) is 0 Å². The van der Waals surface area contributed by atoms with Crippen molar-refractivity contribution in [2.45, 2.75) is 25.9 Å². The van der Waals surface area contributed by atoms with Crippen LogP contribution < -0.4 is 0 Å². The summed E-state index contributed by atoms with van der Waals surface area (Å²) in [7, 11) is 0. The first-order valence-electron chi connectivity index (χ1n) is 3.99. The lowest BCUT2D eigenvalue weighted by molar-refractivity contribution is -0.245. The van der Waals surface area contributed by atoms with Gasteiger partial charge in [0.25, 0.3) is 0 Å². The topological polar surface area (TPSA) is 49.7 Å². The van der Waals surface area contributed by atoms with Crippen molar-refractivity contribution in [3.8, 4) is 0 Å². The zero-order valence-electron chi connectivity index (χ0n) is 7.13. The fraction of sp³-hybridized carbons (Fsp3) is 1.00. The van der Waals surface area contributed by atoms with E-state index in [1.54, 1.807) is 0 Å². The second kappa shape index (κ2) is 2.73. The van der Waals surface area contributed by atoms with Gasteiger partial charge in [-0.05, 0) is 6.42 Å². The molecule has 0 aromatic rings. The van der Waals surface area contributed by atoms with Crippen LogP contribution in [0.15, 0.2) is 0 Å². The van der Waals surface area contributed by atoms with E-state index in [4.69, 9.17) is 9.84 Å². The molecular weight excluding hydrogens is 144 g/mol. The second-order valence-corrected chi connectivity index (χ2v) is 3.60. The molecule has 1 unspecified atom stereocenters. The third kappa shape index (κ3) is 1.17. The molecule has 66 valence electrons. The van der Waals surface area contributed by atoms with Crippen molar-refractivity contribution in [2.24, 2.45) is 5.41 Å². The molecule has 0 bridgehead atoms. The lowest BCUT2D eigenvalue weighted by atomic mass is 9.71. The van der Waals surface area contributed by atoms with Gasteiger partial charge in [0, 0.05) is 5.41 Å². The summed E-state index contributed by atoms with van der Waals surface area (Å²) in [6.45, 7) is 4.58. The van der Waals surface area contributed by atoms with Crippen LogP contribution in [0.4, 0.5) is 0 Å². The van der Waals surface area contributed by atoms with Gasteiger partial charge in [0.15, 0.2) is 0 Å². The first-order valence-corrected chi connectivity index (χ1v) is 3.99. The molecule has 0 aromatic carbocycles. The highest BCUT2D eigenvalue weighted by atomic mass is 16.5. The lowest BCUT2D eigenvalue weighted by Gasteiger charge is -2.48. The molecule has 1 atom stereocenters. The summed E-state index contributed by atoms with van der Waals surface area (Å²) < 4.78 is 4.93. The van der Waals surface area contributed by atoms with Crippen molar-refractivity contribution in [2.75, 3.05) is 19.8 Å². The van der Waals surface area contributed by atoms with E-state index < -0.39 is 11.0 Å². The molecule has 3 heteroatoms. The van der Waals surface area contributed by atoms with Gasteiger partial charge >= 0.3 is 0 Å². The number of ether oxygens (including phenoxy) is 1. The number of hydrogen-bond acceptors (Lipinski definition) is 3. The summed E-state index contributed by atoms with van der Waals surface area (Å²) in [6, 6.07) is 0. The maximum Gasteiger partial charge on any atom is 0.119 e. The summed E-state index contributed by atoms with van der Waals surface area (Å²) in [6.07, 6.45) is 0.767. The Balaban J connectivity index is 2.67. The van der Waals surface area contributed by atoms with Crippen molar-refractivity contribution < 1.29 is 14.9 Å². The van der Waals surface area contributed by atoms with Crippen LogP contribution in [0.2, 0.25) is 0 Å². The van der Waals surface area contributed by atoms with Gasteiger partial charge in [-0.1, -0.05) is 13.8 Å². The summed E-state index contributed by atoms with van der Waals surface area (Å²) >= 11 is 0. The number of hydrogen-bond donors (Lipinski definition) is 2. The van der Waals surface area contributed by atoms with E-state index in [1.807, 2.05) is 13.8 Å². The monoisotopic (exact) mass is 160 g/mol. The Morgan fingerprint density at radius 1 is 1.55 bits per heavy atom. The van der Waals surface area contributed by atoms with Crippen LogP contribution in [0.1, 0.15) is 20.3 Å². The molecule has 1 aliphatic heterocycles. The fourth-order valence-electron chi connectivity index (χ4n) is 1.23. The highest BCUT2D eigenvalue weighted by Gasteiger charge is 2.50. The molecule has 3 nitrogen and oxygen atoms in total. The minimum absolute atomic E-state index is 0.0172. The van der Waals surface area contributed by atoms with Crippen molar-refractivity contribution in [1.29, 1.82) is 0 Å². The van der Waals surface area contributed by atoms with E-state index in [9.17, 15) is 5.11 Å². The van der Waals surface area contributed by atoms with Gasteiger partial charge in [-0.2, -0.15) is 0 Å². The van der Waals surface area contributed by atoms with Crippen LogP contribution in [0.5, 0.6) is 0 Å². The molecular formula is C8H16O3. The van der Waals surface area contributed by atoms with Crippen molar-refractivity contribution in [3.63, 3.8) is 0 Å². The molecule has 0 aromatic heterocycles. The van der Waals surface area contributed by atoms with Crippen LogP contribution in [0.3, 0.4) is 0 Å². The van der Waals surface area contributed by atoms with Crippen LogP contribution >= 0.6 is 0 Å². The van der Waals surface area contributed by atoms with Gasteiger partial charge in [0.1, 0.15) is 5.60 Å². The predicted molar refractivity (Wildman–Crippen MR) is 41.3 cm³/mol. The van der Waals surface area contributed by atoms with Gasteiger partial charge in [-0.3, -0.25) is 0 Å². The molecule has 0 aliphatic carbocycles. The number of aliphatic hydroxyl groups excluding tert-OH is 1. The quantitative estimate of drug-likeness (QED) is 0.618. The van der Waals surface area contributed by atoms with Crippen LogP contribution in [-0.4, -0.2) is 35.6 Å². The molecule has 11 heavy (non-hydrogen) atoms. The Bertz CT molecular complexity index is 136.